The fourth-order valence-corrected chi connectivity index (χ4v) is 4.51. The van der Waals surface area contributed by atoms with Crippen LogP contribution in [0.4, 0.5) is 10.6 Å². The number of anilines is 1. The van der Waals surface area contributed by atoms with Crippen LogP contribution in [0.5, 0.6) is 11.5 Å². The van der Waals surface area contributed by atoms with Crippen molar-refractivity contribution in [2.75, 3.05) is 39.7 Å². The normalized spacial score (nSPS) is 15.0. The topological polar surface area (TPSA) is 93.5 Å². The molecule has 1 fully saturated rings. The summed E-state index contributed by atoms with van der Waals surface area (Å²) >= 11 is 0. The number of piperidine rings is 1. The van der Waals surface area contributed by atoms with E-state index >= 15 is 0 Å². The van der Waals surface area contributed by atoms with Crippen molar-refractivity contribution < 1.29 is 14.3 Å². The first-order chi connectivity index (χ1) is 17.5. The summed E-state index contributed by atoms with van der Waals surface area (Å²) in [6.45, 7) is 1.92. The Morgan fingerprint density at radius 3 is 2.58 bits per heavy atom. The van der Waals surface area contributed by atoms with E-state index in [2.05, 4.69) is 45.8 Å². The minimum Gasteiger partial charge on any atom is -0.493 e. The van der Waals surface area contributed by atoms with E-state index in [1.165, 1.54) is 0 Å². The first-order valence-corrected chi connectivity index (χ1v) is 12.0. The van der Waals surface area contributed by atoms with Crippen molar-refractivity contribution in [3.63, 3.8) is 0 Å². The number of urea groups is 1. The second-order valence-corrected chi connectivity index (χ2v) is 8.93. The number of amides is 2. The Hall–Kier alpha value is -4.11. The second kappa shape index (κ2) is 10.2. The summed E-state index contributed by atoms with van der Waals surface area (Å²) in [5.41, 5.74) is 1.71. The third-order valence-electron chi connectivity index (χ3n) is 6.52. The van der Waals surface area contributed by atoms with E-state index in [4.69, 9.17) is 14.5 Å². The Balaban J connectivity index is 1.48. The lowest BCUT2D eigenvalue weighted by Gasteiger charge is -2.29. The molecular formula is C27H30N6O3. The van der Waals surface area contributed by atoms with Gasteiger partial charge in [-0.05, 0) is 62.6 Å². The molecule has 3 heterocycles. The number of carbonyl (C=O) groups excluding carboxylic acids is 1. The number of hydrogen-bond acceptors (Lipinski definition) is 6. The van der Waals surface area contributed by atoms with E-state index in [0.717, 1.165) is 36.8 Å². The van der Waals surface area contributed by atoms with E-state index in [0.29, 0.717) is 34.0 Å². The zero-order chi connectivity index (χ0) is 25.1. The summed E-state index contributed by atoms with van der Waals surface area (Å²) < 4.78 is 13.0. The van der Waals surface area contributed by atoms with Crippen LogP contribution in [0.15, 0.2) is 48.7 Å². The Morgan fingerprint density at radius 1 is 1.06 bits per heavy atom. The molecule has 2 aromatic carbocycles. The molecule has 4 aromatic rings. The predicted octanol–water partition coefficient (Wildman–Crippen LogP) is 4.45. The second-order valence-electron chi connectivity index (χ2n) is 8.93. The van der Waals surface area contributed by atoms with Crippen molar-refractivity contribution in [2.45, 2.75) is 18.9 Å². The van der Waals surface area contributed by atoms with E-state index in [1.54, 1.807) is 26.4 Å². The number of nitrogens with zero attached hydrogens (tertiary/aromatic N) is 4. The highest BCUT2D eigenvalue weighted by Gasteiger charge is 2.20. The summed E-state index contributed by atoms with van der Waals surface area (Å²) in [7, 11) is 5.25. The third-order valence-corrected chi connectivity index (χ3v) is 6.52. The Labute approximate surface area is 209 Å². The van der Waals surface area contributed by atoms with Crippen LogP contribution in [0.25, 0.3) is 34.1 Å². The van der Waals surface area contributed by atoms with Crippen LogP contribution >= 0.6 is 0 Å². The summed E-state index contributed by atoms with van der Waals surface area (Å²) in [5.74, 6) is 1.96. The van der Waals surface area contributed by atoms with Gasteiger partial charge in [0, 0.05) is 29.9 Å². The molecule has 186 valence electrons. The molecule has 0 atom stereocenters. The van der Waals surface area contributed by atoms with Crippen LogP contribution in [0, 0.1) is 0 Å². The molecule has 5 rings (SSSR count). The number of ether oxygens (including phenoxy) is 2. The lowest BCUT2D eigenvalue weighted by atomic mass is 10.1. The van der Waals surface area contributed by atoms with Crippen molar-refractivity contribution in [3.8, 4) is 11.5 Å². The van der Waals surface area contributed by atoms with Crippen LogP contribution in [0.1, 0.15) is 18.7 Å². The smallest absolute Gasteiger partial charge is 0.320 e. The predicted molar refractivity (Wildman–Crippen MR) is 142 cm³/mol. The van der Waals surface area contributed by atoms with Gasteiger partial charge in [0.25, 0.3) is 0 Å². The van der Waals surface area contributed by atoms with Gasteiger partial charge in [-0.1, -0.05) is 18.2 Å². The number of methoxy groups -OCH3 is 2. The van der Waals surface area contributed by atoms with Gasteiger partial charge in [0.1, 0.15) is 5.82 Å². The van der Waals surface area contributed by atoms with Gasteiger partial charge in [0.2, 0.25) is 0 Å². The van der Waals surface area contributed by atoms with Crippen molar-refractivity contribution in [1.82, 2.24) is 24.8 Å². The van der Waals surface area contributed by atoms with Gasteiger partial charge in [-0.25, -0.2) is 14.8 Å². The molecule has 36 heavy (non-hydrogen) atoms. The molecule has 2 N–H and O–H groups in total. The highest BCUT2D eigenvalue weighted by molar-refractivity contribution is 6.00. The van der Waals surface area contributed by atoms with E-state index in [-0.39, 0.29) is 12.1 Å². The molecule has 0 unspecified atom stereocenters. The first-order valence-electron chi connectivity index (χ1n) is 12.0. The van der Waals surface area contributed by atoms with E-state index in [1.807, 2.05) is 35.2 Å². The summed E-state index contributed by atoms with van der Waals surface area (Å²) in [4.78, 5) is 24.6. The maximum absolute atomic E-state index is 12.9. The molecule has 0 spiro atoms. The number of aromatic nitrogens is 3. The zero-order valence-corrected chi connectivity index (χ0v) is 20.7. The third kappa shape index (κ3) is 4.96. The molecule has 9 nitrogen and oxygen atoms in total. The van der Waals surface area contributed by atoms with Gasteiger partial charge in [0.05, 0.1) is 25.3 Å². The Kier molecular flexibility index (Phi) is 6.73. The van der Waals surface area contributed by atoms with Gasteiger partial charge in [-0.2, -0.15) is 0 Å². The number of benzene rings is 2. The van der Waals surface area contributed by atoms with Crippen molar-refractivity contribution in [3.05, 3.63) is 54.5 Å². The number of fused-ring (bicyclic) bond motifs is 2. The molecule has 1 aliphatic heterocycles. The molecule has 0 saturated carbocycles. The van der Waals surface area contributed by atoms with Gasteiger partial charge in [-0.15, -0.1) is 0 Å². The monoisotopic (exact) mass is 486 g/mol. The van der Waals surface area contributed by atoms with Gasteiger partial charge >= 0.3 is 6.03 Å². The first kappa shape index (κ1) is 23.6. The number of hydrogen-bond donors (Lipinski definition) is 2. The minimum absolute atomic E-state index is 0.130. The van der Waals surface area contributed by atoms with Gasteiger partial charge < -0.3 is 24.3 Å². The summed E-state index contributed by atoms with van der Waals surface area (Å²) in [6.07, 6.45) is 7.55. The number of para-hydroxylation sites is 1. The Bertz CT molecular complexity index is 1420. The Morgan fingerprint density at radius 2 is 1.81 bits per heavy atom. The molecule has 9 heteroatoms. The largest absolute Gasteiger partial charge is 0.493 e. The summed E-state index contributed by atoms with van der Waals surface area (Å²) in [5, 5.41) is 7.83. The van der Waals surface area contributed by atoms with Crippen molar-refractivity contribution in [2.24, 2.45) is 0 Å². The maximum atomic E-state index is 12.9. The van der Waals surface area contributed by atoms with Crippen LogP contribution < -0.4 is 20.1 Å². The van der Waals surface area contributed by atoms with Crippen LogP contribution in [0.2, 0.25) is 0 Å². The number of rotatable bonds is 6. The average molecular weight is 487 g/mol. The standard InChI is InChI=1S/C27H30N6O3/c1-32-12-9-19(10-13-32)28-27(34)31-26-20-16-23(35-2)24(36-3)17-21(20)29-25(30-26)11-15-33-14-8-18-6-4-5-7-22(18)33/h4-8,11,14-17,19H,9-10,12-13H2,1-3H3,(H2,28,29,30,31,34)/b15-11+. The molecule has 1 saturated heterocycles. The minimum atomic E-state index is -0.286. The average Bonchev–Trinajstić information content (AvgIpc) is 3.31. The zero-order valence-electron chi connectivity index (χ0n) is 20.7. The lowest BCUT2D eigenvalue weighted by Crippen LogP contribution is -2.45. The molecule has 0 radical (unpaired) electrons. The lowest BCUT2D eigenvalue weighted by molar-refractivity contribution is 0.221. The molecule has 0 bridgehead atoms. The maximum Gasteiger partial charge on any atom is 0.320 e. The molecule has 0 aliphatic carbocycles. The highest BCUT2D eigenvalue weighted by Crippen LogP contribution is 2.34. The number of carbonyl (C=O) groups is 1. The van der Waals surface area contributed by atoms with Crippen LogP contribution in [0.3, 0.4) is 0 Å². The summed E-state index contributed by atoms with van der Waals surface area (Å²) in [6, 6.07) is 13.6. The SMILES string of the molecule is COc1cc2nc(/C=C/n3ccc4ccccc43)nc(NC(=O)NC3CCN(C)CC3)c2cc1OC. The van der Waals surface area contributed by atoms with Crippen molar-refractivity contribution >= 4 is 45.9 Å². The molecular weight excluding hydrogens is 456 g/mol. The molecule has 2 amide bonds. The fraction of sp³-hybridized carbons (Fsp3) is 0.296. The number of likely N-dealkylation sites (tertiary alicyclic amines) is 1. The number of nitrogens with one attached hydrogen (secondary N) is 2. The highest BCUT2D eigenvalue weighted by atomic mass is 16.5. The quantitative estimate of drug-likeness (QED) is 0.418. The van der Waals surface area contributed by atoms with Crippen LogP contribution in [-0.2, 0) is 0 Å². The molecule has 2 aromatic heterocycles. The van der Waals surface area contributed by atoms with Crippen molar-refractivity contribution in [1.29, 1.82) is 0 Å². The van der Waals surface area contributed by atoms with Gasteiger partial charge in [-0.3, -0.25) is 5.32 Å². The van der Waals surface area contributed by atoms with E-state index < -0.39 is 0 Å². The van der Waals surface area contributed by atoms with E-state index in [9.17, 15) is 4.79 Å². The fourth-order valence-electron chi connectivity index (χ4n) is 4.51. The molecule has 1 aliphatic rings. The van der Waals surface area contributed by atoms with Gasteiger partial charge in [0.15, 0.2) is 17.3 Å². The van der Waals surface area contributed by atoms with Crippen LogP contribution in [-0.4, -0.2) is 65.9 Å².